The molecule has 0 saturated carbocycles. The topological polar surface area (TPSA) is 55.1 Å². The van der Waals surface area contributed by atoms with Crippen LogP contribution < -0.4 is 5.32 Å². The summed E-state index contributed by atoms with van der Waals surface area (Å²) in [6.45, 7) is 1.74. The molecular formula is C18H13BrF3N5. The fourth-order valence-electron chi connectivity index (χ4n) is 2.87. The largest absolute Gasteiger partial charge is 0.433 e. The van der Waals surface area contributed by atoms with Gasteiger partial charge < -0.3 is 5.32 Å². The molecule has 0 saturated heterocycles. The second kappa shape index (κ2) is 6.49. The lowest BCUT2D eigenvalue weighted by atomic mass is 10.1. The van der Waals surface area contributed by atoms with Crippen LogP contribution in [-0.2, 0) is 6.18 Å². The van der Waals surface area contributed by atoms with Gasteiger partial charge in [-0.25, -0.2) is 9.97 Å². The molecule has 1 N–H and O–H groups in total. The number of fused-ring (bicyclic) bond motifs is 3. The maximum absolute atomic E-state index is 12.9. The summed E-state index contributed by atoms with van der Waals surface area (Å²) in [5, 5.41) is 3.99. The average molecular weight is 436 g/mol. The van der Waals surface area contributed by atoms with Gasteiger partial charge in [-0.05, 0) is 37.3 Å². The molecule has 0 unspecified atom stereocenters. The van der Waals surface area contributed by atoms with E-state index in [0.717, 1.165) is 21.4 Å². The minimum absolute atomic E-state index is 0.276. The highest BCUT2D eigenvalue weighted by atomic mass is 79.9. The molecule has 1 atom stereocenters. The molecule has 1 aromatic carbocycles. The van der Waals surface area contributed by atoms with Crippen molar-refractivity contribution >= 4 is 38.4 Å². The summed E-state index contributed by atoms with van der Waals surface area (Å²) in [6, 6.07) is 9.10. The molecule has 4 aromatic rings. The van der Waals surface area contributed by atoms with Crippen LogP contribution in [0.25, 0.3) is 16.7 Å². The molecule has 27 heavy (non-hydrogen) atoms. The molecule has 138 valence electrons. The molecule has 0 spiro atoms. The van der Waals surface area contributed by atoms with E-state index in [1.54, 1.807) is 25.4 Å². The van der Waals surface area contributed by atoms with E-state index in [9.17, 15) is 13.2 Å². The lowest BCUT2D eigenvalue weighted by Crippen LogP contribution is -2.14. The number of pyridine rings is 1. The van der Waals surface area contributed by atoms with Crippen LogP contribution in [0.2, 0.25) is 0 Å². The van der Waals surface area contributed by atoms with E-state index in [4.69, 9.17) is 0 Å². The third-order valence-electron chi connectivity index (χ3n) is 4.16. The number of rotatable bonds is 3. The van der Waals surface area contributed by atoms with Crippen molar-refractivity contribution in [3.05, 3.63) is 64.7 Å². The van der Waals surface area contributed by atoms with Gasteiger partial charge in [-0.1, -0.05) is 22.0 Å². The number of imidazole rings is 1. The maximum Gasteiger partial charge on any atom is 0.433 e. The first kappa shape index (κ1) is 17.7. The number of hydrogen-bond acceptors (Lipinski definition) is 4. The minimum Gasteiger partial charge on any atom is -0.361 e. The van der Waals surface area contributed by atoms with Gasteiger partial charge in [-0.15, -0.1) is 0 Å². The highest BCUT2D eigenvalue weighted by Crippen LogP contribution is 2.31. The van der Waals surface area contributed by atoms with Gasteiger partial charge in [0.25, 0.3) is 0 Å². The Morgan fingerprint density at radius 2 is 1.96 bits per heavy atom. The zero-order chi connectivity index (χ0) is 19.2. The Labute approximate surface area is 160 Å². The average Bonchev–Trinajstić information content (AvgIpc) is 3.09. The number of hydrogen-bond donors (Lipinski definition) is 1. The third-order valence-corrected chi connectivity index (χ3v) is 4.66. The van der Waals surface area contributed by atoms with Crippen molar-refractivity contribution in [2.45, 2.75) is 19.1 Å². The van der Waals surface area contributed by atoms with Crippen LogP contribution in [0.1, 0.15) is 24.4 Å². The zero-order valence-corrected chi connectivity index (χ0v) is 15.6. The first-order valence-electron chi connectivity index (χ1n) is 8.06. The Kier molecular flexibility index (Phi) is 4.26. The number of benzene rings is 1. The van der Waals surface area contributed by atoms with E-state index < -0.39 is 17.9 Å². The van der Waals surface area contributed by atoms with Gasteiger partial charge in [0, 0.05) is 22.3 Å². The summed E-state index contributed by atoms with van der Waals surface area (Å²) in [7, 11) is 0. The quantitative estimate of drug-likeness (QED) is 0.478. The number of aromatic nitrogens is 4. The van der Waals surface area contributed by atoms with Crippen LogP contribution in [0.5, 0.6) is 0 Å². The first-order valence-corrected chi connectivity index (χ1v) is 8.85. The van der Waals surface area contributed by atoms with Gasteiger partial charge in [-0.2, -0.15) is 18.2 Å². The lowest BCUT2D eigenvalue weighted by Gasteiger charge is -2.17. The predicted molar refractivity (Wildman–Crippen MR) is 99.5 cm³/mol. The molecule has 3 heterocycles. The molecule has 0 amide bonds. The van der Waals surface area contributed by atoms with Gasteiger partial charge in [0.15, 0.2) is 0 Å². The fourth-order valence-corrected chi connectivity index (χ4v) is 3.24. The summed E-state index contributed by atoms with van der Waals surface area (Å²) < 4.78 is 41.5. The van der Waals surface area contributed by atoms with Gasteiger partial charge in [0.1, 0.15) is 11.5 Å². The normalized spacial score (nSPS) is 13.2. The summed E-state index contributed by atoms with van der Waals surface area (Å²) >= 11 is 3.45. The maximum atomic E-state index is 12.9. The molecule has 0 aliphatic carbocycles. The Balaban J connectivity index is 1.77. The third kappa shape index (κ3) is 3.34. The van der Waals surface area contributed by atoms with E-state index in [1.807, 2.05) is 22.6 Å². The van der Waals surface area contributed by atoms with E-state index in [2.05, 4.69) is 36.2 Å². The van der Waals surface area contributed by atoms with Crippen molar-refractivity contribution in [1.82, 2.24) is 19.4 Å². The van der Waals surface area contributed by atoms with E-state index in [0.29, 0.717) is 11.6 Å². The molecule has 5 nitrogen and oxygen atoms in total. The molecule has 0 fully saturated rings. The SMILES string of the molecule is C[C@@H](Nc1nc2nccn2c2ccc(Br)cc12)c1cccc(C(F)(F)F)n1. The fraction of sp³-hybridized carbons (Fsp3) is 0.167. The van der Waals surface area contributed by atoms with Gasteiger partial charge in [0.05, 0.1) is 17.3 Å². The molecule has 0 aliphatic heterocycles. The summed E-state index contributed by atoms with van der Waals surface area (Å²) in [5.74, 6) is 1.02. The number of alkyl halides is 3. The Morgan fingerprint density at radius 3 is 2.74 bits per heavy atom. The summed E-state index contributed by atoms with van der Waals surface area (Å²) in [6.07, 6.45) is -1.04. The van der Waals surface area contributed by atoms with Crippen molar-refractivity contribution in [2.24, 2.45) is 0 Å². The van der Waals surface area contributed by atoms with Crippen molar-refractivity contribution in [1.29, 1.82) is 0 Å². The monoisotopic (exact) mass is 435 g/mol. The zero-order valence-electron chi connectivity index (χ0n) is 14.0. The molecule has 4 rings (SSSR count). The highest BCUT2D eigenvalue weighted by Gasteiger charge is 2.32. The van der Waals surface area contributed by atoms with E-state index in [1.165, 1.54) is 6.07 Å². The number of nitrogens with zero attached hydrogens (tertiary/aromatic N) is 4. The van der Waals surface area contributed by atoms with Crippen molar-refractivity contribution in [2.75, 3.05) is 5.32 Å². The van der Waals surface area contributed by atoms with Crippen LogP contribution in [-0.4, -0.2) is 19.4 Å². The summed E-state index contributed by atoms with van der Waals surface area (Å²) in [5.41, 5.74) is 0.239. The Bertz CT molecular complexity index is 1140. The number of halogens is 4. The number of anilines is 1. The Hall–Kier alpha value is -2.68. The van der Waals surface area contributed by atoms with Crippen molar-refractivity contribution < 1.29 is 13.2 Å². The van der Waals surface area contributed by atoms with Crippen molar-refractivity contribution in [3.8, 4) is 0 Å². The second-order valence-electron chi connectivity index (χ2n) is 6.03. The van der Waals surface area contributed by atoms with E-state index in [-0.39, 0.29) is 5.69 Å². The van der Waals surface area contributed by atoms with Crippen LogP contribution in [0.4, 0.5) is 19.0 Å². The molecular weight excluding hydrogens is 423 g/mol. The van der Waals surface area contributed by atoms with Crippen molar-refractivity contribution in [3.63, 3.8) is 0 Å². The van der Waals surface area contributed by atoms with Crippen LogP contribution in [0.15, 0.2) is 53.3 Å². The van der Waals surface area contributed by atoms with Gasteiger partial charge in [0.2, 0.25) is 5.78 Å². The van der Waals surface area contributed by atoms with Gasteiger partial charge in [-0.3, -0.25) is 4.40 Å². The van der Waals surface area contributed by atoms with Crippen LogP contribution in [0.3, 0.4) is 0 Å². The van der Waals surface area contributed by atoms with Crippen LogP contribution in [0, 0.1) is 0 Å². The molecule has 0 bridgehead atoms. The Morgan fingerprint density at radius 1 is 1.15 bits per heavy atom. The van der Waals surface area contributed by atoms with Crippen LogP contribution >= 0.6 is 15.9 Å². The lowest BCUT2D eigenvalue weighted by molar-refractivity contribution is -0.141. The van der Waals surface area contributed by atoms with Gasteiger partial charge >= 0.3 is 6.18 Å². The highest BCUT2D eigenvalue weighted by molar-refractivity contribution is 9.10. The smallest absolute Gasteiger partial charge is 0.361 e. The summed E-state index contributed by atoms with van der Waals surface area (Å²) in [4.78, 5) is 12.5. The predicted octanol–water partition coefficient (Wildman–Crippen LogP) is 5.23. The standard InChI is InChI=1S/C18H13BrF3N5/c1-10(13-3-2-4-15(25-13)18(20,21)22)24-16-12-9-11(19)5-6-14(12)27-8-7-23-17(27)26-16/h2-10H,1H3,(H,23,24,26)/t10-/m1/s1. The molecule has 0 aliphatic rings. The second-order valence-corrected chi connectivity index (χ2v) is 6.95. The minimum atomic E-state index is -4.49. The molecule has 9 heteroatoms. The first-order chi connectivity index (χ1) is 12.8. The number of nitrogens with one attached hydrogen (secondary N) is 1. The molecule has 0 radical (unpaired) electrons. The molecule has 3 aromatic heterocycles. The van der Waals surface area contributed by atoms with E-state index >= 15 is 0 Å².